The standard InChI is InChI=1S/C8H16N2/c1-7(8(2,3)4)10-6-5-9/h5-6,10H,1,9H2,2-4H3/b6-5-. The van der Waals surface area contributed by atoms with Crippen LogP contribution in [0.2, 0.25) is 0 Å². The van der Waals surface area contributed by atoms with Crippen molar-refractivity contribution in [3.8, 4) is 0 Å². The van der Waals surface area contributed by atoms with Gasteiger partial charge in [-0.15, -0.1) is 0 Å². The lowest BCUT2D eigenvalue weighted by Gasteiger charge is -2.21. The van der Waals surface area contributed by atoms with Crippen LogP contribution in [-0.4, -0.2) is 0 Å². The minimum atomic E-state index is 0.0967. The molecule has 0 aromatic carbocycles. The van der Waals surface area contributed by atoms with Crippen LogP contribution in [0.1, 0.15) is 20.8 Å². The molecule has 0 unspecified atom stereocenters. The molecule has 0 bridgehead atoms. The average molecular weight is 140 g/mol. The normalized spacial score (nSPS) is 11.9. The predicted octanol–water partition coefficient (Wildman–Crippen LogP) is 1.57. The molecule has 0 spiro atoms. The molecule has 2 heteroatoms. The SMILES string of the molecule is C=C(N/C=C\N)C(C)(C)C. The van der Waals surface area contributed by atoms with Gasteiger partial charge in [0.1, 0.15) is 0 Å². The summed E-state index contributed by atoms with van der Waals surface area (Å²) >= 11 is 0. The van der Waals surface area contributed by atoms with Crippen molar-refractivity contribution >= 4 is 0 Å². The maximum atomic E-state index is 5.14. The minimum Gasteiger partial charge on any atom is -0.403 e. The van der Waals surface area contributed by atoms with Gasteiger partial charge >= 0.3 is 0 Å². The molecule has 58 valence electrons. The van der Waals surface area contributed by atoms with Crippen molar-refractivity contribution in [1.82, 2.24) is 5.32 Å². The van der Waals surface area contributed by atoms with E-state index in [9.17, 15) is 0 Å². The van der Waals surface area contributed by atoms with Gasteiger partial charge in [-0.25, -0.2) is 0 Å². The topological polar surface area (TPSA) is 38.0 Å². The van der Waals surface area contributed by atoms with Crippen LogP contribution in [0, 0.1) is 5.41 Å². The van der Waals surface area contributed by atoms with Crippen LogP contribution in [-0.2, 0) is 0 Å². The molecule has 0 rings (SSSR count). The number of hydrogen-bond donors (Lipinski definition) is 2. The molecule has 0 aromatic rings. The summed E-state index contributed by atoms with van der Waals surface area (Å²) in [5.74, 6) is 0. The van der Waals surface area contributed by atoms with E-state index in [1.165, 1.54) is 6.20 Å². The zero-order valence-electron chi connectivity index (χ0n) is 6.94. The van der Waals surface area contributed by atoms with Crippen molar-refractivity contribution in [1.29, 1.82) is 0 Å². The smallest absolute Gasteiger partial charge is 0.0164 e. The second-order valence-electron chi connectivity index (χ2n) is 3.23. The van der Waals surface area contributed by atoms with E-state index in [1.54, 1.807) is 6.20 Å². The van der Waals surface area contributed by atoms with E-state index in [0.29, 0.717) is 0 Å². The highest BCUT2D eigenvalue weighted by atomic mass is 14.9. The van der Waals surface area contributed by atoms with Crippen molar-refractivity contribution in [2.45, 2.75) is 20.8 Å². The Hall–Kier alpha value is -0.920. The highest BCUT2D eigenvalue weighted by Gasteiger charge is 2.12. The van der Waals surface area contributed by atoms with Gasteiger partial charge in [0.05, 0.1) is 0 Å². The molecular formula is C8H16N2. The van der Waals surface area contributed by atoms with Gasteiger partial charge in [0.15, 0.2) is 0 Å². The highest BCUT2D eigenvalue weighted by Crippen LogP contribution is 2.20. The van der Waals surface area contributed by atoms with E-state index in [4.69, 9.17) is 5.73 Å². The molecule has 0 heterocycles. The quantitative estimate of drug-likeness (QED) is 0.611. The fourth-order valence-electron chi connectivity index (χ4n) is 0.365. The first-order valence-corrected chi connectivity index (χ1v) is 3.31. The third-order valence-electron chi connectivity index (χ3n) is 1.26. The lowest BCUT2D eigenvalue weighted by Crippen LogP contribution is -2.19. The van der Waals surface area contributed by atoms with E-state index in [1.807, 2.05) is 0 Å². The average Bonchev–Trinajstić information content (AvgIpc) is 1.80. The summed E-state index contributed by atoms with van der Waals surface area (Å²) in [4.78, 5) is 0. The Kier molecular flexibility index (Phi) is 3.00. The molecule has 3 N–H and O–H groups in total. The van der Waals surface area contributed by atoms with E-state index < -0.39 is 0 Å². The van der Waals surface area contributed by atoms with Crippen LogP contribution in [0.25, 0.3) is 0 Å². The Labute approximate surface area is 62.8 Å². The Bertz CT molecular complexity index is 140. The number of allylic oxidation sites excluding steroid dienone is 1. The van der Waals surface area contributed by atoms with Crippen LogP contribution < -0.4 is 11.1 Å². The number of hydrogen-bond acceptors (Lipinski definition) is 2. The summed E-state index contributed by atoms with van der Waals surface area (Å²) in [6.07, 6.45) is 3.13. The van der Waals surface area contributed by atoms with Gasteiger partial charge in [-0.3, -0.25) is 0 Å². The number of nitrogens with two attached hydrogens (primary N) is 1. The zero-order chi connectivity index (χ0) is 8.20. The van der Waals surface area contributed by atoms with Gasteiger partial charge in [0.2, 0.25) is 0 Å². The Morgan fingerprint density at radius 3 is 2.30 bits per heavy atom. The molecule has 0 fully saturated rings. The lowest BCUT2D eigenvalue weighted by atomic mass is 9.93. The van der Waals surface area contributed by atoms with Crippen molar-refractivity contribution in [2.75, 3.05) is 0 Å². The fraction of sp³-hybridized carbons (Fsp3) is 0.500. The second kappa shape index (κ2) is 3.30. The van der Waals surface area contributed by atoms with Gasteiger partial charge in [0.25, 0.3) is 0 Å². The van der Waals surface area contributed by atoms with Gasteiger partial charge in [-0.2, -0.15) is 0 Å². The summed E-state index contributed by atoms with van der Waals surface area (Å²) in [7, 11) is 0. The van der Waals surface area contributed by atoms with Gasteiger partial charge in [-0.1, -0.05) is 27.4 Å². The highest BCUT2D eigenvalue weighted by molar-refractivity contribution is 5.05. The van der Waals surface area contributed by atoms with E-state index in [0.717, 1.165) is 5.70 Å². The van der Waals surface area contributed by atoms with Gasteiger partial charge < -0.3 is 11.1 Å². The monoisotopic (exact) mass is 140 g/mol. The molecular weight excluding hydrogens is 124 g/mol. The predicted molar refractivity (Wildman–Crippen MR) is 45.1 cm³/mol. The van der Waals surface area contributed by atoms with Crippen molar-refractivity contribution < 1.29 is 0 Å². The molecule has 10 heavy (non-hydrogen) atoms. The largest absolute Gasteiger partial charge is 0.403 e. The molecule has 2 nitrogen and oxygen atoms in total. The van der Waals surface area contributed by atoms with Crippen LogP contribution in [0.5, 0.6) is 0 Å². The fourth-order valence-corrected chi connectivity index (χ4v) is 0.365. The van der Waals surface area contributed by atoms with E-state index >= 15 is 0 Å². The molecule has 0 saturated carbocycles. The number of rotatable bonds is 2. The maximum Gasteiger partial charge on any atom is 0.0164 e. The first kappa shape index (κ1) is 9.08. The van der Waals surface area contributed by atoms with Crippen molar-refractivity contribution in [3.63, 3.8) is 0 Å². The molecule has 0 radical (unpaired) electrons. The van der Waals surface area contributed by atoms with Crippen LogP contribution in [0.3, 0.4) is 0 Å². The van der Waals surface area contributed by atoms with Crippen LogP contribution in [0.4, 0.5) is 0 Å². The zero-order valence-corrected chi connectivity index (χ0v) is 6.94. The molecule has 0 aliphatic heterocycles. The Balaban J connectivity index is 3.86. The summed E-state index contributed by atoms with van der Waals surface area (Å²) in [6.45, 7) is 10.1. The molecule has 0 aliphatic carbocycles. The van der Waals surface area contributed by atoms with Crippen molar-refractivity contribution in [2.24, 2.45) is 11.1 Å². The third-order valence-corrected chi connectivity index (χ3v) is 1.26. The lowest BCUT2D eigenvalue weighted by molar-refractivity contribution is 0.481. The van der Waals surface area contributed by atoms with Crippen LogP contribution >= 0.6 is 0 Å². The Morgan fingerprint density at radius 1 is 1.50 bits per heavy atom. The molecule has 0 aliphatic rings. The van der Waals surface area contributed by atoms with Gasteiger partial charge in [0, 0.05) is 23.5 Å². The summed E-state index contributed by atoms with van der Waals surface area (Å²) in [5, 5.41) is 2.97. The van der Waals surface area contributed by atoms with Gasteiger partial charge in [-0.05, 0) is 0 Å². The first-order valence-electron chi connectivity index (χ1n) is 3.31. The van der Waals surface area contributed by atoms with Crippen LogP contribution in [0.15, 0.2) is 24.7 Å². The number of nitrogens with one attached hydrogen (secondary N) is 1. The van der Waals surface area contributed by atoms with E-state index in [-0.39, 0.29) is 5.41 Å². The van der Waals surface area contributed by atoms with Crippen molar-refractivity contribution in [3.05, 3.63) is 24.7 Å². The summed E-state index contributed by atoms with van der Waals surface area (Å²) < 4.78 is 0. The molecule has 0 amide bonds. The second-order valence-corrected chi connectivity index (χ2v) is 3.23. The Morgan fingerprint density at radius 2 is 2.00 bits per heavy atom. The maximum absolute atomic E-state index is 5.14. The molecule has 0 saturated heterocycles. The first-order chi connectivity index (χ1) is 4.48. The summed E-state index contributed by atoms with van der Waals surface area (Å²) in [6, 6.07) is 0. The molecule has 0 atom stereocenters. The minimum absolute atomic E-state index is 0.0967. The third kappa shape index (κ3) is 3.17. The molecule has 0 aromatic heterocycles. The van der Waals surface area contributed by atoms with E-state index in [2.05, 4.69) is 32.7 Å². The summed E-state index contributed by atoms with van der Waals surface area (Å²) in [5.41, 5.74) is 6.20.